The number of hydrogen-bond donors (Lipinski definition) is 2. The van der Waals surface area contributed by atoms with E-state index in [0.717, 1.165) is 17.5 Å². The van der Waals surface area contributed by atoms with Gasteiger partial charge in [-0.3, -0.25) is 5.84 Å². The average Bonchev–Trinajstić information content (AvgIpc) is 2.42. The summed E-state index contributed by atoms with van der Waals surface area (Å²) < 4.78 is 0. The first kappa shape index (κ1) is 14.4. The molecule has 0 bridgehead atoms. The van der Waals surface area contributed by atoms with Crippen molar-refractivity contribution in [2.75, 3.05) is 0 Å². The van der Waals surface area contributed by atoms with E-state index in [1.54, 1.807) is 6.07 Å². The summed E-state index contributed by atoms with van der Waals surface area (Å²) in [6.45, 7) is 2.13. The topological polar surface area (TPSA) is 38.0 Å². The summed E-state index contributed by atoms with van der Waals surface area (Å²) in [6.07, 6.45) is 1.02. The number of aryl methyl sites for hydroxylation is 1. The monoisotopic (exact) mass is 294 g/mol. The van der Waals surface area contributed by atoms with Crippen LogP contribution in [0.4, 0.5) is 0 Å². The van der Waals surface area contributed by atoms with Crippen molar-refractivity contribution < 1.29 is 0 Å². The van der Waals surface area contributed by atoms with Gasteiger partial charge in [0, 0.05) is 10.0 Å². The van der Waals surface area contributed by atoms with E-state index in [4.69, 9.17) is 29.0 Å². The third-order valence-electron chi connectivity index (χ3n) is 3.16. The summed E-state index contributed by atoms with van der Waals surface area (Å²) in [5, 5.41) is 1.22. The number of nitrogens with one attached hydrogen (secondary N) is 1. The minimum Gasteiger partial charge on any atom is -0.271 e. The van der Waals surface area contributed by atoms with Gasteiger partial charge in [-0.2, -0.15) is 0 Å². The third-order valence-corrected chi connectivity index (χ3v) is 3.72. The van der Waals surface area contributed by atoms with Gasteiger partial charge in [-0.25, -0.2) is 5.43 Å². The normalized spacial score (nSPS) is 12.4. The van der Waals surface area contributed by atoms with Crippen molar-refractivity contribution in [3.8, 4) is 0 Å². The Kier molecular flexibility index (Phi) is 4.83. The third kappa shape index (κ3) is 3.28. The van der Waals surface area contributed by atoms with Gasteiger partial charge in [0.25, 0.3) is 0 Å². The minimum atomic E-state index is -0.143. The second-order valence-corrected chi connectivity index (χ2v) is 5.20. The van der Waals surface area contributed by atoms with Crippen LogP contribution in [0, 0.1) is 0 Å². The zero-order valence-electron chi connectivity index (χ0n) is 10.7. The van der Waals surface area contributed by atoms with Crippen molar-refractivity contribution in [3.05, 3.63) is 69.2 Å². The molecule has 100 valence electrons. The molecule has 2 nitrogen and oxygen atoms in total. The molecule has 0 fully saturated rings. The quantitative estimate of drug-likeness (QED) is 0.658. The van der Waals surface area contributed by atoms with Gasteiger partial charge in [-0.1, -0.05) is 60.5 Å². The van der Waals surface area contributed by atoms with E-state index in [1.807, 2.05) is 12.1 Å². The van der Waals surface area contributed by atoms with E-state index in [-0.39, 0.29) is 6.04 Å². The van der Waals surface area contributed by atoms with Crippen LogP contribution in [0.1, 0.15) is 29.7 Å². The highest BCUT2D eigenvalue weighted by Crippen LogP contribution is 2.30. The summed E-state index contributed by atoms with van der Waals surface area (Å²) in [6, 6.07) is 13.6. The fourth-order valence-corrected chi connectivity index (χ4v) is 2.56. The number of halogens is 2. The second-order valence-electron chi connectivity index (χ2n) is 4.36. The molecule has 3 N–H and O–H groups in total. The van der Waals surface area contributed by atoms with Crippen LogP contribution in [-0.2, 0) is 6.42 Å². The molecule has 4 heteroatoms. The Balaban J connectivity index is 2.37. The van der Waals surface area contributed by atoms with Crippen molar-refractivity contribution >= 4 is 23.2 Å². The Morgan fingerprint density at radius 3 is 2.32 bits per heavy atom. The molecule has 1 unspecified atom stereocenters. The van der Waals surface area contributed by atoms with Crippen LogP contribution >= 0.6 is 23.2 Å². The standard InChI is InChI=1S/C15H16Cl2N2/c1-2-10-3-5-11(6-4-10)15(19-18)13-8-7-12(16)9-14(13)17/h3-9,15,19H,2,18H2,1H3. The van der Waals surface area contributed by atoms with Crippen molar-refractivity contribution in [2.45, 2.75) is 19.4 Å². The molecule has 2 aromatic carbocycles. The smallest absolute Gasteiger partial charge is 0.0724 e. The zero-order chi connectivity index (χ0) is 13.8. The Bertz CT molecular complexity index is 553. The number of hydrogen-bond acceptors (Lipinski definition) is 2. The van der Waals surface area contributed by atoms with Crippen molar-refractivity contribution in [3.63, 3.8) is 0 Å². The molecule has 0 aliphatic rings. The van der Waals surface area contributed by atoms with Gasteiger partial charge in [-0.15, -0.1) is 0 Å². The molecule has 0 radical (unpaired) electrons. The highest BCUT2D eigenvalue weighted by molar-refractivity contribution is 6.35. The molecule has 2 rings (SSSR count). The molecule has 0 aliphatic carbocycles. The van der Waals surface area contributed by atoms with Crippen molar-refractivity contribution in [1.29, 1.82) is 0 Å². The minimum absolute atomic E-state index is 0.143. The molecule has 0 saturated heterocycles. The van der Waals surface area contributed by atoms with Gasteiger partial charge >= 0.3 is 0 Å². The summed E-state index contributed by atoms with van der Waals surface area (Å²) in [5.41, 5.74) is 6.09. The molecule has 19 heavy (non-hydrogen) atoms. The van der Waals surface area contributed by atoms with E-state index in [1.165, 1.54) is 5.56 Å². The maximum Gasteiger partial charge on any atom is 0.0724 e. The molecule has 2 aromatic rings. The lowest BCUT2D eigenvalue weighted by Crippen LogP contribution is -2.29. The number of hydrazine groups is 1. The fraction of sp³-hybridized carbons (Fsp3) is 0.200. The Hall–Kier alpha value is -1.06. The molecule has 0 saturated carbocycles. The lowest BCUT2D eigenvalue weighted by Gasteiger charge is -2.18. The number of benzene rings is 2. The summed E-state index contributed by atoms with van der Waals surface area (Å²) in [5.74, 6) is 5.67. The lowest BCUT2D eigenvalue weighted by molar-refractivity contribution is 0.637. The molecule has 0 spiro atoms. The summed E-state index contributed by atoms with van der Waals surface area (Å²) in [7, 11) is 0. The maximum atomic E-state index is 6.23. The van der Waals surface area contributed by atoms with E-state index >= 15 is 0 Å². The van der Waals surface area contributed by atoms with Crippen LogP contribution in [0.15, 0.2) is 42.5 Å². The Morgan fingerprint density at radius 1 is 1.11 bits per heavy atom. The van der Waals surface area contributed by atoms with Gasteiger partial charge in [0.2, 0.25) is 0 Å². The van der Waals surface area contributed by atoms with Crippen molar-refractivity contribution in [1.82, 2.24) is 5.43 Å². The van der Waals surface area contributed by atoms with Gasteiger partial charge in [0.1, 0.15) is 0 Å². The fourth-order valence-electron chi connectivity index (χ4n) is 2.05. The van der Waals surface area contributed by atoms with Crippen LogP contribution in [0.3, 0.4) is 0 Å². The number of rotatable bonds is 4. The summed E-state index contributed by atoms with van der Waals surface area (Å²) in [4.78, 5) is 0. The highest BCUT2D eigenvalue weighted by Gasteiger charge is 2.15. The van der Waals surface area contributed by atoms with Gasteiger partial charge in [0.15, 0.2) is 0 Å². The van der Waals surface area contributed by atoms with E-state index in [0.29, 0.717) is 10.0 Å². The van der Waals surface area contributed by atoms with E-state index in [2.05, 4.69) is 36.6 Å². The largest absolute Gasteiger partial charge is 0.271 e. The first-order valence-corrected chi connectivity index (χ1v) is 6.91. The molecule has 0 amide bonds. The summed E-state index contributed by atoms with van der Waals surface area (Å²) >= 11 is 12.1. The zero-order valence-corrected chi connectivity index (χ0v) is 12.2. The molecule has 0 aliphatic heterocycles. The molecular formula is C15H16Cl2N2. The van der Waals surface area contributed by atoms with Gasteiger partial charge in [-0.05, 0) is 35.2 Å². The predicted molar refractivity (Wildman–Crippen MR) is 81.4 cm³/mol. The Morgan fingerprint density at radius 2 is 1.79 bits per heavy atom. The van der Waals surface area contributed by atoms with Crippen molar-refractivity contribution in [2.24, 2.45) is 5.84 Å². The average molecular weight is 295 g/mol. The predicted octanol–water partition coefficient (Wildman–Crippen LogP) is 4.11. The van der Waals surface area contributed by atoms with Crippen LogP contribution < -0.4 is 11.3 Å². The SMILES string of the molecule is CCc1ccc(C(NN)c2ccc(Cl)cc2Cl)cc1. The molecule has 0 heterocycles. The van der Waals surface area contributed by atoms with E-state index in [9.17, 15) is 0 Å². The van der Waals surface area contributed by atoms with Crippen LogP contribution in [0.2, 0.25) is 10.0 Å². The highest BCUT2D eigenvalue weighted by atomic mass is 35.5. The number of nitrogens with two attached hydrogens (primary N) is 1. The molecular weight excluding hydrogens is 279 g/mol. The Labute approximate surface area is 123 Å². The van der Waals surface area contributed by atoms with Crippen LogP contribution in [0.5, 0.6) is 0 Å². The first-order chi connectivity index (χ1) is 9.15. The maximum absolute atomic E-state index is 6.23. The first-order valence-electron chi connectivity index (χ1n) is 6.15. The van der Waals surface area contributed by atoms with Crippen LogP contribution in [0.25, 0.3) is 0 Å². The second kappa shape index (κ2) is 6.40. The van der Waals surface area contributed by atoms with Gasteiger partial charge < -0.3 is 0 Å². The van der Waals surface area contributed by atoms with Crippen LogP contribution in [-0.4, -0.2) is 0 Å². The van der Waals surface area contributed by atoms with E-state index < -0.39 is 0 Å². The molecule has 1 atom stereocenters. The molecule has 0 aromatic heterocycles. The lowest BCUT2D eigenvalue weighted by atomic mass is 9.98. The van der Waals surface area contributed by atoms with Gasteiger partial charge in [0.05, 0.1) is 6.04 Å².